The minimum atomic E-state index is -1.03. The Morgan fingerprint density at radius 3 is 2.38 bits per heavy atom. The normalized spacial score (nSPS) is 13.1. The average Bonchev–Trinajstić information content (AvgIpc) is 2.42. The van der Waals surface area contributed by atoms with Crippen LogP contribution in [0, 0.1) is 0 Å². The summed E-state index contributed by atoms with van der Waals surface area (Å²) in [5.41, 5.74) is 0.195. The molecule has 0 spiro atoms. The summed E-state index contributed by atoms with van der Waals surface area (Å²) in [7, 11) is 0. The molecule has 2 N–H and O–H groups in total. The summed E-state index contributed by atoms with van der Waals surface area (Å²) in [5, 5.41) is 21.8. The van der Waals surface area contributed by atoms with Crippen molar-refractivity contribution in [2.75, 3.05) is 6.54 Å². The molecule has 0 saturated heterocycles. The maximum absolute atomic E-state index is 11.4. The minimum Gasteiger partial charge on any atom is -0.465 e. The highest BCUT2D eigenvalue weighted by Crippen LogP contribution is 2.26. The van der Waals surface area contributed by atoms with Crippen molar-refractivity contribution in [1.29, 1.82) is 0 Å². The SMILES string of the molecule is CC(C)(C)N(CC(O)c1cccc2ccccc12)C(=O)O. The number of rotatable bonds is 3. The van der Waals surface area contributed by atoms with Crippen LogP contribution in [-0.2, 0) is 0 Å². The van der Waals surface area contributed by atoms with Crippen LogP contribution in [0.15, 0.2) is 42.5 Å². The number of nitrogens with zero attached hydrogens (tertiary/aromatic N) is 1. The van der Waals surface area contributed by atoms with Crippen LogP contribution in [0.25, 0.3) is 10.8 Å². The van der Waals surface area contributed by atoms with E-state index in [0.29, 0.717) is 0 Å². The van der Waals surface area contributed by atoms with Crippen LogP contribution < -0.4 is 0 Å². The van der Waals surface area contributed by atoms with E-state index in [1.54, 1.807) is 0 Å². The Morgan fingerprint density at radius 2 is 1.76 bits per heavy atom. The van der Waals surface area contributed by atoms with Gasteiger partial charge in [-0.05, 0) is 37.1 Å². The van der Waals surface area contributed by atoms with E-state index in [2.05, 4.69) is 0 Å². The first-order chi connectivity index (χ1) is 9.80. The molecule has 4 nitrogen and oxygen atoms in total. The molecule has 0 saturated carbocycles. The van der Waals surface area contributed by atoms with Crippen LogP contribution in [-0.4, -0.2) is 33.3 Å². The number of hydrogen-bond acceptors (Lipinski definition) is 2. The van der Waals surface area contributed by atoms with Crippen molar-refractivity contribution in [3.05, 3.63) is 48.0 Å². The Labute approximate surface area is 124 Å². The van der Waals surface area contributed by atoms with E-state index >= 15 is 0 Å². The number of carbonyl (C=O) groups is 1. The molecule has 1 unspecified atom stereocenters. The van der Waals surface area contributed by atoms with E-state index < -0.39 is 17.7 Å². The number of β-amino-alcohol motifs (C(OH)–C–C–N with tert-alkyl or cyclic N) is 1. The highest BCUT2D eigenvalue weighted by Gasteiger charge is 2.28. The molecular formula is C17H21NO3. The zero-order chi connectivity index (χ0) is 15.6. The average molecular weight is 287 g/mol. The number of carboxylic acid groups (broad SMARTS) is 1. The van der Waals surface area contributed by atoms with Gasteiger partial charge in [-0.25, -0.2) is 4.79 Å². The fourth-order valence-electron chi connectivity index (χ4n) is 2.45. The molecule has 112 valence electrons. The third-order valence-electron chi connectivity index (χ3n) is 3.58. The Hall–Kier alpha value is -2.07. The van der Waals surface area contributed by atoms with Gasteiger partial charge in [-0.1, -0.05) is 42.5 Å². The molecule has 0 radical (unpaired) electrons. The lowest BCUT2D eigenvalue weighted by Crippen LogP contribution is -2.46. The number of benzene rings is 2. The highest BCUT2D eigenvalue weighted by atomic mass is 16.4. The van der Waals surface area contributed by atoms with Gasteiger partial charge in [-0.15, -0.1) is 0 Å². The molecule has 0 aliphatic carbocycles. The quantitative estimate of drug-likeness (QED) is 0.905. The Kier molecular flexibility index (Phi) is 4.19. The zero-order valence-corrected chi connectivity index (χ0v) is 12.6. The molecule has 2 aromatic carbocycles. The summed E-state index contributed by atoms with van der Waals surface area (Å²) in [6.07, 6.45) is -1.88. The second-order valence-electron chi connectivity index (χ2n) is 6.15. The monoisotopic (exact) mass is 287 g/mol. The first-order valence-corrected chi connectivity index (χ1v) is 6.97. The molecule has 2 rings (SSSR count). The molecule has 1 atom stereocenters. The number of hydrogen-bond donors (Lipinski definition) is 2. The van der Waals surface area contributed by atoms with E-state index in [1.165, 1.54) is 4.90 Å². The van der Waals surface area contributed by atoms with Crippen molar-refractivity contribution < 1.29 is 15.0 Å². The largest absolute Gasteiger partial charge is 0.465 e. The lowest BCUT2D eigenvalue weighted by atomic mass is 9.98. The van der Waals surface area contributed by atoms with Crippen LogP contribution >= 0.6 is 0 Å². The molecule has 0 aliphatic heterocycles. The molecule has 1 amide bonds. The van der Waals surface area contributed by atoms with Crippen molar-refractivity contribution in [2.45, 2.75) is 32.4 Å². The summed E-state index contributed by atoms with van der Waals surface area (Å²) < 4.78 is 0. The summed E-state index contributed by atoms with van der Waals surface area (Å²) in [4.78, 5) is 12.7. The topological polar surface area (TPSA) is 60.8 Å². The van der Waals surface area contributed by atoms with Gasteiger partial charge in [0, 0.05) is 5.54 Å². The Bertz CT molecular complexity index is 641. The third kappa shape index (κ3) is 3.34. The van der Waals surface area contributed by atoms with E-state index in [0.717, 1.165) is 16.3 Å². The predicted octanol–water partition coefficient (Wildman–Crippen LogP) is 3.65. The summed E-state index contributed by atoms with van der Waals surface area (Å²) >= 11 is 0. The summed E-state index contributed by atoms with van der Waals surface area (Å²) in [6.45, 7) is 5.50. The Balaban J connectivity index is 2.34. The van der Waals surface area contributed by atoms with Crippen molar-refractivity contribution in [3.8, 4) is 0 Å². The van der Waals surface area contributed by atoms with Crippen LogP contribution in [0.4, 0.5) is 4.79 Å². The van der Waals surface area contributed by atoms with Crippen LogP contribution in [0.3, 0.4) is 0 Å². The van der Waals surface area contributed by atoms with Gasteiger partial charge in [0.1, 0.15) is 0 Å². The fraction of sp³-hybridized carbons (Fsp3) is 0.353. The second kappa shape index (κ2) is 5.74. The van der Waals surface area contributed by atoms with E-state index in [4.69, 9.17) is 0 Å². The van der Waals surface area contributed by atoms with Gasteiger partial charge in [0.05, 0.1) is 12.6 Å². The number of fused-ring (bicyclic) bond motifs is 1. The molecule has 4 heteroatoms. The van der Waals surface area contributed by atoms with Crippen molar-refractivity contribution in [3.63, 3.8) is 0 Å². The first-order valence-electron chi connectivity index (χ1n) is 6.97. The number of amides is 1. The lowest BCUT2D eigenvalue weighted by molar-refractivity contribution is 0.0561. The molecule has 0 fully saturated rings. The predicted molar refractivity (Wildman–Crippen MR) is 83.4 cm³/mol. The van der Waals surface area contributed by atoms with Crippen LogP contribution in [0.2, 0.25) is 0 Å². The van der Waals surface area contributed by atoms with E-state index in [-0.39, 0.29) is 6.54 Å². The fourth-order valence-corrected chi connectivity index (χ4v) is 2.45. The Morgan fingerprint density at radius 1 is 1.14 bits per heavy atom. The smallest absolute Gasteiger partial charge is 0.407 e. The standard InChI is InChI=1S/C17H21NO3/c1-17(2,3)18(16(20)21)11-15(19)14-10-6-8-12-7-4-5-9-13(12)14/h4-10,15,19H,11H2,1-3H3,(H,20,21). The first kappa shape index (κ1) is 15.3. The minimum absolute atomic E-state index is 0.0485. The van der Waals surface area contributed by atoms with Gasteiger partial charge < -0.3 is 15.1 Å². The highest BCUT2D eigenvalue weighted by molar-refractivity contribution is 5.86. The molecule has 0 aromatic heterocycles. The van der Waals surface area contributed by atoms with Crippen LogP contribution in [0.1, 0.15) is 32.4 Å². The number of aliphatic hydroxyl groups is 1. The summed E-state index contributed by atoms with van der Waals surface area (Å²) in [6, 6.07) is 13.5. The third-order valence-corrected chi connectivity index (χ3v) is 3.58. The molecule has 2 aromatic rings. The van der Waals surface area contributed by atoms with Gasteiger partial charge >= 0.3 is 6.09 Å². The second-order valence-corrected chi connectivity index (χ2v) is 6.15. The van der Waals surface area contributed by atoms with Gasteiger partial charge in [0.2, 0.25) is 0 Å². The van der Waals surface area contributed by atoms with Crippen molar-refractivity contribution in [1.82, 2.24) is 4.90 Å². The van der Waals surface area contributed by atoms with Crippen LogP contribution in [0.5, 0.6) is 0 Å². The molecule has 0 aliphatic rings. The maximum Gasteiger partial charge on any atom is 0.407 e. The molecule has 21 heavy (non-hydrogen) atoms. The zero-order valence-electron chi connectivity index (χ0n) is 12.6. The van der Waals surface area contributed by atoms with Gasteiger partial charge in [-0.2, -0.15) is 0 Å². The van der Waals surface area contributed by atoms with E-state index in [1.807, 2.05) is 63.2 Å². The summed E-state index contributed by atoms with van der Waals surface area (Å²) in [5.74, 6) is 0. The van der Waals surface area contributed by atoms with Crippen molar-refractivity contribution in [2.24, 2.45) is 0 Å². The molecule has 0 bridgehead atoms. The van der Waals surface area contributed by atoms with Crippen molar-refractivity contribution >= 4 is 16.9 Å². The van der Waals surface area contributed by atoms with Gasteiger partial charge in [-0.3, -0.25) is 0 Å². The molecular weight excluding hydrogens is 266 g/mol. The maximum atomic E-state index is 11.4. The van der Waals surface area contributed by atoms with Gasteiger partial charge in [0.25, 0.3) is 0 Å². The number of aliphatic hydroxyl groups excluding tert-OH is 1. The van der Waals surface area contributed by atoms with E-state index in [9.17, 15) is 15.0 Å². The van der Waals surface area contributed by atoms with Gasteiger partial charge in [0.15, 0.2) is 0 Å². The molecule has 0 heterocycles. The lowest BCUT2D eigenvalue weighted by Gasteiger charge is -2.34.